The largest absolute Gasteiger partial charge is 0.348 e. The molecule has 1 saturated carbocycles. The van der Waals surface area contributed by atoms with Crippen molar-refractivity contribution in [3.8, 4) is 0 Å². The number of piperidine rings is 1. The Balaban J connectivity index is 1.58. The molecule has 1 heterocycles. The van der Waals surface area contributed by atoms with E-state index in [0.717, 1.165) is 19.5 Å². The van der Waals surface area contributed by atoms with Gasteiger partial charge in [0, 0.05) is 19.1 Å². The second kappa shape index (κ2) is 6.62. The van der Waals surface area contributed by atoms with Crippen molar-refractivity contribution in [1.82, 2.24) is 10.2 Å². The smallest absolute Gasteiger partial charge is 0.234 e. The number of rotatable bonds is 5. The first kappa shape index (κ1) is 16.5. The van der Waals surface area contributed by atoms with E-state index in [1.54, 1.807) is 0 Å². The molecule has 0 radical (unpaired) electrons. The number of likely N-dealkylation sites (tertiary alicyclic amines) is 1. The third kappa shape index (κ3) is 4.12. The second-order valence-electron chi connectivity index (χ2n) is 7.89. The maximum Gasteiger partial charge on any atom is 0.234 e. The third-order valence-electron chi connectivity index (χ3n) is 5.33. The predicted octanol–water partition coefficient (Wildman–Crippen LogP) is 2.31. The minimum Gasteiger partial charge on any atom is -0.348 e. The summed E-state index contributed by atoms with van der Waals surface area (Å²) < 4.78 is 0. The van der Waals surface area contributed by atoms with Gasteiger partial charge in [-0.25, -0.2) is 0 Å². The number of benzene rings is 1. The quantitative estimate of drug-likeness (QED) is 0.876. The van der Waals surface area contributed by atoms with Crippen molar-refractivity contribution in [3.63, 3.8) is 0 Å². The molecule has 0 aromatic heterocycles. The summed E-state index contributed by atoms with van der Waals surface area (Å²) in [5.74, 6) is 0.740. The van der Waals surface area contributed by atoms with Crippen LogP contribution < -0.4 is 11.1 Å². The molecule has 126 valence electrons. The molecule has 2 fully saturated rings. The lowest BCUT2D eigenvalue weighted by atomic mass is 9.80. The minimum absolute atomic E-state index is 0.0772. The number of hydrogen-bond acceptors (Lipinski definition) is 3. The van der Waals surface area contributed by atoms with E-state index in [9.17, 15) is 4.79 Å². The van der Waals surface area contributed by atoms with Crippen LogP contribution in [-0.4, -0.2) is 36.5 Å². The first-order valence-corrected chi connectivity index (χ1v) is 8.78. The van der Waals surface area contributed by atoms with Crippen LogP contribution in [-0.2, 0) is 4.79 Å². The molecule has 1 aromatic rings. The van der Waals surface area contributed by atoms with Gasteiger partial charge in [-0.15, -0.1) is 0 Å². The van der Waals surface area contributed by atoms with Crippen LogP contribution in [0, 0.1) is 11.3 Å². The van der Waals surface area contributed by atoms with Crippen LogP contribution in [0.4, 0.5) is 0 Å². The van der Waals surface area contributed by atoms with Gasteiger partial charge in [-0.3, -0.25) is 9.69 Å². The Morgan fingerprint density at radius 1 is 1.30 bits per heavy atom. The first-order valence-electron chi connectivity index (χ1n) is 8.78. The van der Waals surface area contributed by atoms with Gasteiger partial charge in [0.1, 0.15) is 0 Å². The summed E-state index contributed by atoms with van der Waals surface area (Å²) in [6.07, 6.45) is 3.39. The maximum atomic E-state index is 12.5. The molecule has 2 atom stereocenters. The molecule has 2 aliphatic rings. The van der Waals surface area contributed by atoms with Gasteiger partial charge < -0.3 is 11.1 Å². The summed E-state index contributed by atoms with van der Waals surface area (Å²) >= 11 is 0. The first-order chi connectivity index (χ1) is 11.0. The topological polar surface area (TPSA) is 58.4 Å². The fourth-order valence-corrected chi connectivity index (χ4v) is 3.61. The lowest BCUT2D eigenvalue weighted by molar-refractivity contribution is -0.124. The summed E-state index contributed by atoms with van der Waals surface area (Å²) in [6.45, 7) is 6.67. The zero-order valence-electron chi connectivity index (χ0n) is 14.3. The molecule has 1 aromatic carbocycles. The highest BCUT2D eigenvalue weighted by Crippen LogP contribution is 2.40. The Kier molecular flexibility index (Phi) is 4.74. The summed E-state index contributed by atoms with van der Waals surface area (Å²) in [5.41, 5.74) is 7.49. The van der Waals surface area contributed by atoms with Crippen molar-refractivity contribution in [1.29, 1.82) is 0 Å². The SMILES string of the molecule is CC1(C)CN(CC(=O)NC(c2ccccc2)C2CC2)CCC1N. The molecular formula is C19H29N3O. The predicted molar refractivity (Wildman–Crippen MR) is 92.9 cm³/mol. The Bertz CT molecular complexity index is 539. The summed E-state index contributed by atoms with van der Waals surface area (Å²) in [5, 5.41) is 3.27. The Morgan fingerprint density at radius 2 is 2.00 bits per heavy atom. The number of amides is 1. The molecule has 0 spiro atoms. The van der Waals surface area contributed by atoms with E-state index in [1.165, 1.54) is 18.4 Å². The highest BCUT2D eigenvalue weighted by molar-refractivity contribution is 5.78. The van der Waals surface area contributed by atoms with Crippen LogP contribution in [0.15, 0.2) is 30.3 Å². The fraction of sp³-hybridized carbons (Fsp3) is 0.632. The second-order valence-corrected chi connectivity index (χ2v) is 7.89. The van der Waals surface area contributed by atoms with Crippen molar-refractivity contribution in [3.05, 3.63) is 35.9 Å². The minimum atomic E-state index is 0.0772. The van der Waals surface area contributed by atoms with Gasteiger partial charge in [0.15, 0.2) is 0 Å². The number of nitrogens with two attached hydrogens (primary N) is 1. The molecular weight excluding hydrogens is 286 g/mol. The van der Waals surface area contributed by atoms with Crippen LogP contribution in [0.3, 0.4) is 0 Å². The molecule has 1 aliphatic carbocycles. The summed E-state index contributed by atoms with van der Waals surface area (Å²) in [4.78, 5) is 14.8. The zero-order valence-corrected chi connectivity index (χ0v) is 14.3. The van der Waals surface area contributed by atoms with Crippen LogP contribution >= 0.6 is 0 Å². The number of hydrogen-bond donors (Lipinski definition) is 2. The van der Waals surface area contributed by atoms with Gasteiger partial charge in [0.05, 0.1) is 12.6 Å². The van der Waals surface area contributed by atoms with E-state index in [1.807, 2.05) is 18.2 Å². The Hall–Kier alpha value is -1.39. The number of nitrogens with zero attached hydrogens (tertiary/aromatic N) is 1. The van der Waals surface area contributed by atoms with Gasteiger partial charge in [-0.1, -0.05) is 44.2 Å². The number of nitrogens with one attached hydrogen (secondary N) is 1. The van der Waals surface area contributed by atoms with Gasteiger partial charge in [-0.2, -0.15) is 0 Å². The molecule has 23 heavy (non-hydrogen) atoms. The average molecular weight is 315 g/mol. The van der Waals surface area contributed by atoms with E-state index in [4.69, 9.17) is 5.73 Å². The fourth-order valence-electron chi connectivity index (χ4n) is 3.61. The van der Waals surface area contributed by atoms with Crippen molar-refractivity contribution in [2.24, 2.45) is 17.1 Å². The van der Waals surface area contributed by atoms with Gasteiger partial charge in [-0.05, 0) is 36.2 Å². The molecule has 4 heteroatoms. The lowest BCUT2D eigenvalue weighted by Crippen LogP contribution is -2.54. The molecule has 3 N–H and O–H groups in total. The van der Waals surface area contributed by atoms with Crippen molar-refractivity contribution in [2.45, 2.75) is 45.2 Å². The normalized spacial score (nSPS) is 25.8. The monoisotopic (exact) mass is 315 g/mol. The van der Waals surface area contributed by atoms with Gasteiger partial charge in [0.25, 0.3) is 0 Å². The van der Waals surface area contributed by atoms with E-state index in [0.29, 0.717) is 12.5 Å². The van der Waals surface area contributed by atoms with Crippen molar-refractivity contribution >= 4 is 5.91 Å². The number of carbonyl (C=O) groups is 1. The highest BCUT2D eigenvalue weighted by Gasteiger charge is 2.36. The molecule has 1 amide bonds. The van der Waals surface area contributed by atoms with Crippen LogP contribution in [0.25, 0.3) is 0 Å². The summed E-state index contributed by atoms with van der Waals surface area (Å²) in [7, 11) is 0. The molecule has 1 saturated heterocycles. The standard InChI is InChI=1S/C19H29N3O/c1-19(2)13-22(11-10-16(19)20)12-17(23)21-18(15-8-9-15)14-6-4-3-5-7-14/h3-7,15-16,18H,8-13,20H2,1-2H3,(H,21,23). The maximum absolute atomic E-state index is 12.5. The summed E-state index contributed by atoms with van der Waals surface area (Å²) in [6, 6.07) is 10.7. The van der Waals surface area contributed by atoms with E-state index >= 15 is 0 Å². The van der Waals surface area contributed by atoms with E-state index in [2.05, 4.69) is 36.2 Å². The van der Waals surface area contributed by atoms with Crippen molar-refractivity contribution < 1.29 is 4.79 Å². The van der Waals surface area contributed by atoms with Crippen LogP contribution in [0.1, 0.15) is 44.7 Å². The van der Waals surface area contributed by atoms with Crippen LogP contribution in [0.2, 0.25) is 0 Å². The van der Waals surface area contributed by atoms with Gasteiger partial charge >= 0.3 is 0 Å². The molecule has 1 aliphatic heterocycles. The molecule has 2 unspecified atom stereocenters. The third-order valence-corrected chi connectivity index (χ3v) is 5.33. The van der Waals surface area contributed by atoms with Gasteiger partial charge in [0.2, 0.25) is 5.91 Å². The highest BCUT2D eigenvalue weighted by atomic mass is 16.2. The zero-order chi connectivity index (χ0) is 16.4. The lowest BCUT2D eigenvalue weighted by Gasteiger charge is -2.42. The van der Waals surface area contributed by atoms with E-state index < -0.39 is 0 Å². The average Bonchev–Trinajstić information content (AvgIpc) is 3.34. The molecule has 4 nitrogen and oxygen atoms in total. The van der Waals surface area contributed by atoms with Crippen molar-refractivity contribution in [2.75, 3.05) is 19.6 Å². The molecule has 0 bridgehead atoms. The Morgan fingerprint density at radius 3 is 2.61 bits per heavy atom. The van der Waals surface area contributed by atoms with Crippen LogP contribution in [0.5, 0.6) is 0 Å². The number of carbonyl (C=O) groups excluding carboxylic acids is 1. The van der Waals surface area contributed by atoms with E-state index in [-0.39, 0.29) is 23.4 Å². The molecule has 3 rings (SSSR count). The Labute approximate surface area is 139 Å².